The van der Waals surface area contributed by atoms with Crippen LogP contribution in [0.5, 0.6) is 0 Å². The summed E-state index contributed by atoms with van der Waals surface area (Å²) in [7, 11) is 0. The van der Waals surface area contributed by atoms with Gasteiger partial charge in [0.05, 0.1) is 19.8 Å². The first-order valence-electron chi connectivity index (χ1n) is 28.1. The predicted molar refractivity (Wildman–Crippen MR) is 275 cm³/mol. The highest BCUT2D eigenvalue weighted by molar-refractivity contribution is 5.70. The van der Waals surface area contributed by atoms with Crippen LogP contribution >= 0.6 is 0 Å². The van der Waals surface area contributed by atoms with Crippen LogP contribution in [0.25, 0.3) is 0 Å². The Balaban J connectivity index is 1.76. The van der Waals surface area contributed by atoms with Crippen LogP contribution in [-0.4, -0.2) is 142 Å². The molecule has 0 aromatic carbocycles. The molecule has 7 N–H and O–H groups in total. The fourth-order valence-electron chi connectivity index (χ4n) is 8.82. The second-order valence-corrected chi connectivity index (χ2v) is 19.7. The Morgan fingerprint density at radius 1 is 0.465 bits per heavy atom. The van der Waals surface area contributed by atoms with Gasteiger partial charge < -0.3 is 64.2 Å². The lowest BCUT2D eigenvalue weighted by Crippen LogP contribution is -2.61. The van der Waals surface area contributed by atoms with Gasteiger partial charge in [-0.2, -0.15) is 0 Å². The van der Waals surface area contributed by atoms with E-state index in [0.29, 0.717) is 12.8 Å². The third-order valence-corrected chi connectivity index (χ3v) is 13.4. The van der Waals surface area contributed by atoms with Crippen LogP contribution in [0.4, 0.5) is 0 Å². The molecule has 2 fully saturated rings. The van der Waals surface area contributed by atoms with Gasteiger partial charge in [0.1, 0.15) is 55.4 Å². The molecule has 2 aliphatic heterocycles. The monoisotopic (exact) mass is 1010 g/mol. The van der Waals surface area contributed by atoms with E-state index in [1.807, 2.05) is 0 Å². The number of aliphatic hydroxyl groups is 7. The number of allylic oxidation sites excluding steroid dienone is 6. The van der Waals surface area contributed by atoms with Crippen molar-refractivity contribution in [1.82, 2.24) is 0 Å². The van der Waals surface area contributed by atoms with Gasteiger partial charge in [-0.1, -0.05) is 192 Å². The number of carbonyl (C=O) groups excluding carboxylic acids is 2. The van der Waals surface area contributed by atoms with Crippen molar-refractivity contribution in [3.05, 3.63) is 36.5 Å². The van der Waals surface area contributed by atoms with Crippen molar-refractivity contribution in [2.75, 3.05) is 26.4 Å². The van der Waals surface area contributed by atoms with Crippen LogP contribution in [-0.2, 0) is 38.0 Å². The molecule has 0 aromatic heterocycles. The summed E-state index contributed by atoms with van der Waals surface area (Å²) in [5, 5.41) is 72.2. The van der Waals surface area contributed by atoms with Crippen LogP contribution in [0.15, 0.2) is 36.5 Å². The molecule has 0 saturated carbocycles. The first-order valence-corrected chi connectivity index (χ1v) is 28.1. The number of hydrogen-bond acceptors (Lipinski definition) is 15. The van der Waals surface area contributed by atoms with Crippen molar-refractivity contribution in [2.24, 2.45) is 0 Å². The van der Waals surface area contributed by atoms with Gasteiger partial charge in [-0.3, -0.25) is 9.59 Å². The quantitative estimate of drug-likeness (QED) is 0.0172. The lowest BCUT2D eigenvalue weighted by atomic mass is 9.98. The van der Waals surface area contributed by atoms with Crippen molar-refractivity contribution in [2.45, 2.75) is 280 Å². The Bertz CT molecular complexity index is 1380. The number of esters is 2. The Morgan fingerprint density at radius 2 is 0.887 bits per heavy atom. The average molecular weight is 1010 g/mol. The van der Waals surface area contributed by atoms with Crippen LogP contribution < -0.4 is 0 Å². The first-order chi connectivity index (χ1) is 34.5. The smallest absolute Gasteiger partial charge is 0.306 e. The molecule has 2 aliphatic rings. The summed E-state index contributed by atoms with van der Waals surface area (Å²) in [6.45, 7) is 2.49. The average Bonchev–Trinajstić information content (AvgIpc) is 3.36. The maximum absolute atomic E-state index is 13.0. The SMILES string of the molecule is CC/C=C\C/C=C\C/C=C\CCCCCCCC(=O)OC(COC(=O)CCCCCCCCCCCCCCCCCCCCCC)COC1OC(COC2OC(CO)C(O)C(O)C2O)C(O)C(O)C1O. The molecule has 0 aliphatic carbocycles. The van der Waals surface area contributed by atoms with Gasteiger partial charge in [-0.15, -0.1) is 0 Å². The molecule has 15 heteroatoms. The maximum Gasteiger partial charge on any atom is 0.306 e. The Hall–Kier alpha value is -2.28. The fourth-order valence-corrected chi connectivity index (χ4v) is 8.82. The fraction of sp³-hybridized carbons (Fsp3) is 0.857. The summed E-state index contributed by atoms with van der Waals surface area (Å²) < 4.78 is 33.6. The van der Waals surface area contributed by atoms with Crippen molar-refractivity contribution in [3.63, 3.8) is 0 Å². The van der Waals surface area contributed by atoms with Gasteiger partial charge in [0.2, 0.25) is 0 Å². The van der Waals surface area contributed by atoms with Gasteiger partial charge in [-0.05, 0) is 44.9 Å². The molecule has 11 atom stereocenters. The van der Waals surface area contributed by atoms with Crippen LogP contribution in [0.3, 0.4) is 0 Å². The zero-order chi connectivity index (χ0) is 51.7. The molecule has 71 heavy (non-hydrogen) atoms. The Labute approximate surface area is 427 Å². The Kier molecular flexibility index (Phi) is 39.3. The van der Waals surface area contributed by atoms with Gasteiger partial charge in [0.15, 0.2) is 18.7 Å². The van der Waals surface area contributed by atoms with E-state index in [1.54, 1.807) is 0 Å². The number of carbonyl (C=O) groups is 2. The second kappa shape index (κ2) is 43.0. The summed E-state index contributed by atoms with van der Waals surface area (Å²) in [6, 6.07) is 0. The molecule has 0 bridgehead atoms. The highest BCUT2D eigenvalue weighted by atomic mass is 16.7. The van der Waals surface area contributed by atoms with Crippen molar-refractivity contribution >= 4 is 11.9 Å². The molecule has 11 unspecified atom stereocenters. The van der Waals surface area contributed by atoms with Crippen LogP contribution in [0.1, 0.15) is 213 Å². The third kappa shape index (κ3) is 30.6. The summed E-state index contributed by atoms with van der Waals surface area (Å²) >= 11 is 0. The number of unbranched alkanes of at least 4 members (excludes halogenated alkanes) is 24. The van der Waals surface area contributed by atoms with E-state index in [9.17, 15) is 45.3 Å². The van der Waals surface area contributed by atoms with E-state index in [4.69, 9.17) is 28.4 Å². The summed E-state index contributed by atoms with van der Waals surface area (Å²) in [5.41, 5.74) is 0. The van der Waals surface area contributed by atoms with E-state index in [-0.39, 0.29) is 26.1 Å². The lowest BCUT2D eigenvalue weighted by Gasteiger charge is -2.42. The molecule has 0 spiro atoms. The van der Waals surface area contributed by atoms with E-state index in [2.05, 4.69) is 50.3 Å². The molecular weight excluding hydrogens is 913 g/mol. The highest BCUT2D eigenvalue weighted by Crippen LogP contribution is 2.27. The van der Waals surface area contributed by atoms with Gasteiger partial charge >= 0.3 is 11.9 Å². The molecule has 2 rings (SSSR count). The normalized spacial score (nSPS) is 25.4. The van der Waals surface area contributed by atoms with Crippen molar-refractivity contribution in [1.29, 1.82) is 0 Å². The Morgan fingerprint density at radius 3 is 1.39 bits per heavy atom. The molecule has 2 saturated heterocycles. The number of rotatable bonds is 44. The zero-order valence-electron chi connectivity index (χ0n) is 44.0. The molecule has 2 heterocycles. The van der Waals surface area contributed by atoms with Gasteiger partial charge in [-0.25, -0.2) is 0 Å². The van der Waals surface area contributed by atoms with Gasteiger partial charge in [0.25, 0.3) is 0 Å². The minimum atomic E-state index is -1.77. The molecule has 0 aromatic rings. The molecule has 0 amide bonds. The topological polar surface area (TPSA) is 231 Å². The molecular formula is C56H100O15. The van der Waals surface area contributed by atoms with Crippen LogP contribution in [0, 0.1) is 0 Å². The number of hydrogen-bond donors (Lipinski definition) is 7. The summed E-state index contributed by atoms with van der Waals surface area (Å²) in [4.78, 5) is 25.8. The predicted octanol–water partition coefficient (Wildman–Crippen LogP) is 8.88. The minimum absolute atomic E-state index is 0.147. The minimum Gasteiger partial charge on any atom is -0.462 e. The van der Waals surface area contributed by atoms with E-state index >= 15 is 0 Å². The lowest BCUT2D eigenvalue weighted by molar-refractivity contribution is -0.332. The van der Waals surface area contributed by atoms with E-state index < -0.39 is 92.7 Å². The summed E-state index contributed by atoms with van der Waals surface area (Å²) in [5.74, 6) is -0.936. The largest absolute Gasteiger partial charge is 0.462 e. The molecule has 0 radical (unpaired) electrons. The van der Waals surface area contributed by atoms with Gasteiger partial charge in [0, 0.05) is 12.8 Å². The zero-order valence-corrected chi connectivity index (χ0v) is 44.0. The molecule has 414 valence electrons. The highest BCUT2D eigenvalue weighted by Gasteiger charge is 2.47. The summed E-state index contributed by atoms with van der Waals surface area (Å²) in [6.07, 6.45) is 30.3. The number of ether oxygens (including phenoxy) is 6. The van der Waals surface area contributed by atoms with E-state index in [0.717, 1.165) is 70.6 Å². The van der Waals surface area contributed by atoms with E-state index in [1.165, 1.54) is 103 Å². The maximum atomic E-state index is 13.0. The van der Waals surface area contributed by atoms with Crippen LogP contribution in [0.2, 0.25) is 0 Å². The van der Waals surface area contributed by atoms with Crippen molar-refractivity contribution < 1.29 is 73.8 Å². The molecule has 15 nitrogen and oxygen atoms in total. The number of aliphatic hydroxyl groups excluding tert-OH is 7. The standard InChI is InChI=1S/C56H100O15/c1-3-5-7-9-11-13-15-17-19-20-21-22-23-25-26-28-30-32-34-36-38-47(58)66-41-44(69-48(59)39-37-35-33-31-29-27-24-18-16-14-12-10-8-6-4-2)42-67-55-54(65)52(63)50(61)46(71-55)43-68-56-53(64)51(62)49(60)45(40-57)70-56/h6,8,12,14,18,24,44-46,49-57,60-65H,3-5,7,9-11,13,15-17,19-23,25-43H2,1-2H3/b8-6-,14-12-,24-18-. The third-order valence-electron chi connectivity index (χ3n) is 13.4. The first kappa shape index (κ1) is 64.8. The second-order valence-electron chi connectivity index (χ2n) is 19.7. The van der Waals surface area contributed by atoms with Crippen molar-refractivity contribution in [3.8, 4) is 0 Å².